The van der Waals surface area contributed by atoms with E-state index in [2.05, 4.69) is 10.3 Å². The van der Waals surface area contributed by atoms with Crippen LogP contribution in [0, 0.1) is 6.92 Å². The van der Waals surface area contributed by atoms with Gasteiger partial charge in [-0.15, -0.1) is 11.3 Å². The van der Waals surface area contributed by atoms with Crippen molar-refractivity contribution < 1.29 is 27.9 Å². The quantitative estimate of drug-likeness (QED) is 0.195. The Bertz CT molecular complexity index is 1730. The molecule has 4 aromatic rings. The fraction of sp³-hybridized carbons (Fsp3) is 0.281. The van der Waals surface area contributed by atoms with E-state index < -0.39 is 33.5 Å². The second kappa shape index (κ2) is 13.9. The number of aliphatic hydroxyl groups is 1. The Morgan fingerprint density at radius 3 is 2.39 bits per heavy atom. The van der Waals surface area contributed by atoms with Gasteiger partial charge in [0.25, 0.3) is 5.91 Å². The highest BCUT2D eigenvalue weighted by Gasteiger charge is 2.25. The number of nitrogens with zero attached hydrogens (tertiary/aromatic N) is 2. The van der Waals surface area contributed by atoms with Gasteiger partial charge in [0.1, 0.15) is 5.60 Å². The third-order valence-corrected chi connectivity index (χ3v) is 9.26. The number of carbonyl (C=O) groups is 2. The number of thiazole rings is 1. The van der Waals surface area contributed by atoms with Gasteiger partial charge in [-0.05, 0) is 87.7 Å². The van der Waals surface area contributed by atoms with E-state index in [4.69, 9.17) is 16.3 Å². The molecule has 1 atom stereocenters. The Labute approximate surface area is 266 Å². The summed E-state index contributed by atoms with van der Waals surface area (Å²) in [6.45, 7) is 7.36. The van der Waals surface area contributed by atoms with Crippen LogP contribution in [0.25, 0.3) is 0 Å². The number of rotatable bonds is 10. The smallest absolute Gasteiger partial charge is 0.410 e. The van der Waals surface area contributed by atoms with Gasteiger partial charge in [-0.25, -0.2) is 18.2 Å². The average Bonchev–Trinajstić information content (AvgIpc) is 3.38. The summed E-state index contributed by atoms with van der Waals surface area (Å²) in [5.41, 5.74) is 0.810. The maximum Gasteiger partial charge on any atom is 0.410 e. The van der Waals surface area contributed by atoms with E-state index in [-0.39, 0.29) is 28.4 Å². The lowest BCUT2D eigenvalue weighted by molar-refractivity contribution is 0.0147. The third-order valence-electron chi connectivity index (χ3n) is 6.43. The first kappa shape index (κ1) is 33.1. The Morgan fingerprint density at radius 1 is 1.05 bits per heavy atom. The minimum atomic E-state index is -3.92. The van der Waals surface area contributed by atoms with E-state index in [1.54, 1.807) is 63.4 Å². The Morgan fingerprint density at radius 2 is 1.75 bits per heavy atom. The van der Waals surface area contributed by atoms with Gasteiger partial charge in [0, 0.05) is 28.2 Å². The molecule has 0 aliphatic carbocycles. The minimum Gasteiger partial charge on any atom is -0.444 e. The van der Waals surface area contributed by atoms with Crippen molar-refractivity contribution >= 4 is 49.9 Å². The zero-order valence-electron chi connectivity index (χ0n) is 24.8. The van der Waals surface area contributed by atoms with E-state index in [0.29, 0.717) is 22.1 Å². The van der Waals surface area contributed by atoms with Crippen LogP contribution >= 0.6 is 22.9 Å². The second-order valence-corrected chi connectivity index (χ2v) is 14.8. The number of sulfone groups is 1. The molecular formula is C32H34ClN3O6S2. The van der Waals surface area contributed by atoms with Crippen molar-refractivity contribution in [1.82, 2.24) is 9.88 Å². The number of ether oxygens (including phenoxy) is 1. The van der Waals surface area contributed by atoms with Gasteiger partial charge >= 0.3 is 6.09 Å². The average molecular weight is 656 g/mol. The molecule has 2 N–H and O–H groups in total. The molecule has 4 rings (SSSR count). The molecule has 0 saturated carbocycles. The third kappa shape index (κ3) is 8.88. The van der Waals surface area contributed by atoms with Crippen LogP contribution in [0.1, 0.15) is 53.2 Å². The highest BCUT2D eigenvalue weighted by molar-refractivity contribution is 7.91. The second-order valence-electron chi connectivity index (χ2n) is 11.2. The van der Waals surface area contributed by atoms with Crippen LogP contribution in [0.5, 0.6) is 0 Å². The number of aliphatic hydroxyl groups excluding tert-OH is 1. The number of anilines is 1. The van der Waals surface area contributed by atoms with Gasteiger partial charge in [-0.1, -0.05) is 41.9 Å². The predicted molar refractivity (Wildman–Crippen MR) is 171 cm³/mol. The first-order chi connectivity index (χ1) is 20.7. The topological polar surface area (TPSA) is 126 Å². The molecule has 0 radical (unpaired) electrons. The van der Waals surface area contributed by atoms with Gasteiger partial charge < -0.3 is 14.7 Å². The Balaban J connectivity index is 1.46. The highest BCUT2D eigenvalue weighted by Crippen LogP contribution is 2.25. The number of amides is 2. The van der Waals surface area contributed by atoms with Crippen LogP contribution in [-0.4, -0.2) is 54.1 Å². The number of nitrogens with one attached hydrogen (secondary N) is 1. The fourth-order valence-electron chi connectivity index (χ4n) is 4.23. The monoisotopic (exact) mass is 655 g/mol. The molecular weight excluding hydrogens is 622 g/mol. The van der Waals surface area contributed by atoms with Crippen LogP contribution in [0.3, 0.4) is 0 Å². The number of hydrogen-bond acceptors (Lipinski definition) is 8. The molecule has 44 heavy (non-hydrogen) atoms. The summed E-state index contributed by atoms with van der Waals surface area (Å²) in [6.07, 6.45) is 0.460. The largest absolute Gasteiger partial charge is 0.444 e. The van der Waals surface area contributed by atoms with E-state index in [1.807, 2.05) is 6.92 Å². The molecule has 0 bridgehead atoms. The van der Waals surface area contributed by atoms with Gasteiger partial charge in [0.05, 0.1) is 22.4 Å². The van der Waals surface area contributed by atoms with Crippen molar-refractivity contribution in [3.8, 4) is 0 Å². The van der Waals surface area contributed by atoms with Crippen LogP contribution in [0.15, 0.2) is 88.8 Å². The lowest BCUT2D eigenvalue weighted by Crippen LogP contribution is -2.40. The van der Waals surface area contributed by atoms with Crippen LogP contribution < -0.4 is 5.32 Å². The molecule has 1 unspecified atom stereocenters. The van der Waals surface area contributed by atoms with E-state index in [1.165, 1.54) is 52.6 Å². The molecule has 0 aliphatic rings. The number of aryl methyl sites for hydroxylation is 1. The standard InChI is InChI=1S/C32H34ClN3O6S2/c1-21-19-34-30(43-21)35-29(38)24-8-6-10-27(18-24)44(40,41)26-13-11-22(12-14-26)15-16-36(31(39)42-32(2,3)4)20-28(37)23-7-5-9-25(33)17-23/h5-14,17-19,28,37H,15-16,20H2,1-4H3,(H,34,35,38). The normalized spacial score (nSPS) is 12.4. The van der Waals surface area contributed by atoms with Crippen LogP contribution in [-0.2, 0) is 21.0 Å². The van der Waals surface area contributed by atoms with Crippen molar-refractivity contribution in [3.05, 3.63) is 106 Å². The summed E-state index contributed by atoms with van der Waals surface area (Å²) in [7, 11) is -3.92. The van der Waals surface area contributed by atoms with E-state index in [9.17, 15) is 23.1 Å². The Hall–Kier alpha value is -3.77. The Kier molecular flexibility index (Phi) is 10.5. The van der Waals surface area contributed by atoms with Crippen molar-refractivity contribution in [2.45, 2.75) is 55.6 Å². The van der Waals surface area contributed by atoms with Gasteiger partial charge in [-0.2, -0.15) is 0 Å². The predicted octanol–water partition coefficient (Wildman–Crippen LogP) is 6.70. The summed E-state index contributed by atoms with van der Waals surface area (Å²) in [4.78, 5) is 32.2. The first-order valence-corrected chi connectivity index (χ1v) is 16.5. The number of hydrogen-bond donors (Lipinski definition) is 2. The minimum absolute atomic E-state index is 0.0145. The van der Waals surface area contributed by atoms with Crippen molar-refractivity contribution in [1.29, 1.82) is 0 Å². The maximum atomic E-state index is 13.4. The van der Waals surface area contributed by atoms with Gasteiger partial charge in [-0.3, -0.25) is 10.1 Å². The molecule has 1 heterocycles. The van der Waals surface area contributed by atoms with Gasteiger partial charge in [0.15, 0.2) is 5.13 Å². The maximum absolute atomic E-state index is 13.4. The first-order valence-electron chi connectivity index (χ1n) is 13.8. The van der Waals surface area contributed by atoms with Crippen molar-refractivity contribution in [2.24, 2.45) is 0 Å². The lowest BCUT2D eigenvalue weighted by atomic mass is 10.1. The SMILES string of the molecule is Cc1cnc(NC(=O)c2cccc(S(=O)(=O)c3ccc(CCN(CC(O)c4cccc(Cl)c4)C(=O)OC(C)(C)C)cc3)c2)s1. The molecule has 2 amide bonds. The lowest BCUT2D eigenvalue weighted by Gasteiger charge is -2.29. The van der Waals surface area contributed by atoms with Crippen molar-refractivity contribution in [3.63, 3.8) is 0 Å². The van der Waals surface area contributed by atoms with E-state index in [0.717, 1.165) is 10.4 Å². The summed E-state index contributed by atoms with van der Waals surface area (Å²) in [5, 5.41) is 14.4. The summed E-state index contributed by atoms with van der Waals surface area (Å²) >= 11 is 7.40. The molecule has 0 spiro atoms. The molecule has 0 saturated heterocycles. The molecule has 9 nitrogen and oxygen atoms in total. The molecule has 12 heteroatoms. The molecule has 232 valence electrons. The zero-order valence-corrected chi connectivity index (χ0v) is 27.2. The zero-order chi connectivity index (χ0) is 32.1. The van der Waals surface area contributed by atoms with Crippen molar-refractivity contribution in [2.75, 3.05) is 18.4 Å². The van der Waals surface area contributed by atoms with E-state index >= 15 is 0 Å². The van der Waals surface area contributed by atoms with Gasteiger partial charge in [0.2, 0.25) is 9.84 Å². The fourth-order valence-corrected chi connectivity index (χ4v) is 6.40. The molecule has 3 aromatic carbocycles. The van der Waals surface area contributed by atoms with Crippen LogP contribution in [0.4, 0.5) is 9.93 Å². The molecule has 0 aliphatic heterocycles. The number of aromatic nitrogens is 1. The number of halogens is 1. The summed E-state index contributed by atoms with van der Waals surface area (Å²) in [5.74, 6) is -0.457. The summed E-state index contributed by atoms with van der Waals surface area (Å²) < 4.78 is 32.4. The number of benzene rings is 3. The highest BCUT2D eigenvalue weighted by atomic mass is 35.5. The molecule has 1 aromatic heterocycles. The summed E-state index contributed by atoms with van der Waals surface area (Å²) in [6, 6.07) is 19.0. The number of carbonyl (C=O) groups excluding carboxylic acids is 2. The van der Waals surface area contributed by atoms with Crippen LogP contribution in [0.2, 0.25) is 5.02 Å². The molecule has 0 fully saturated rings.